The van der Waals surface area contributed by atoms with Crippen molar-refractivity contribution in [2.45, 2.75) is 33.6 Å². The van der Waals surface area contributed by atoms with Gasteiger partial charge in [0.05, 0.1) is 6.54 Å². The number of hydrogen-bond acceptors (Lipinski definition) is 2. The predicted molar refractivity (Wildman–Crippen MR) is 74.2 cm³/mol. The molecule has 0 radical (unpaired) electrons. The van der Waals surface area contributed by atoms with Crippen molar-refractivity contribution in [2.75, 3.05) is 13.1 Å². The fraction of sp³-hybridized carbons (Fsp3) is 0.600. The first-order valence-electron chi connectivity index (χ1n) is 6.86. The van der Waals surface area contributed by atoms with Gasteiger partial charge in [0.15, 0.2) is 5.78 Å². The Hall–Kier alpha value is -1.58. The van der Waals surface area contributed by atoms with E-state index in [1.165, 1.54) is 0 Å². The Kier molecular flexibility index (Phi) is 3.78. The topological polar surface area (TPSA) is 42.3 Å². The van der Waals surface area contributed by atoms with Crippen molar-refractivity contribution >= 4 is 11.7 Å². The zero-order valence-corrected chi connectivity index (χ0v) is 12.2. The van der Waals surface area contributed by atoms with Gasteiger partial charge >= 0.3 is 0 Å². The van der Waals surface area contributed by atoms with Crippen LogP contribution in [0.4, 0.5) is 0 Å². The molecular weight excluding hydrogens is 240 g/mol. The maximum absolute atomic E-state index is 12.3. The van der Waals surface area contributed by atoms with Gasteiger partial charge in [-0.25, -0.2) is 0 Å². The van der Waals surface area contributed by atoms with Gasteiger partial charge in [-0.2, -0.15) is 0 Å². The first kappa shape index (κ1) is 13.8. The van der Waals surface area contributed by atoms with E-state index in [1.807, 2.05) is 38.5 Å². The molecule has 0 aliphatic carbocycles. The van der Waals surface area contributed by atoms with Crippen LogP contribution in [0.5, 0.6) is 0 Å². The Morgan fingerprint density at radius 3 is 2.68 bits per heavy atom. The number of piperidine rings is 1. The smallest absolute Gasteiger partial charge is 0.225 e. The van der Waals surface area contributed by atoms with E-state index in [9.17, 15) is 9.59 Å². The van der Waals surface area contributed by atoms with Crippen molar-refractivity contribution in [1.82, 2.24) is 9.47 Å². The quantitative estimate of drug-likeness (QED) is 0.783. The van der Waals surface area contributed by atoms with E-state index < -0.39 is 0 Å². The second-order valence-electron chi connectivity index (χ2n) is 5.57. The second kappa shape index (κ2) is 5.19. The van der Waals surface area contributed by atoms with E-state index in [1.54, 1.807) is 4.90 Å². The van der Waals surface area contributed by atoms with E-state index in [-0.39, 0.29) is 24.2 Å². The summed E-state index contributed by atoms with van der Waals surface area (Å²) >= 11 is 0. The molecule has 1 aliphatic heterocycles. The van der Waals surface area contributed by atoms with Gasteiger partial charge in [0.2, 0.25) is 5.91 Å². The van der Waals surface area contributed by atoms with Gasteiger partial charge in [-0.05, 0) is 32.8 Å². The van der Waals surface area contributed by atoms with Crippen LogP contribution in [0.3, 0.4) is 0 Å². The van der Waals surface area contributed by atoms with Gasteiger partial charge in [-0.15, -0.1) is 0 Å². The molecule has 19 heavy (non-hydrogen) atoms. The summed E-state index contributed by atoms with van der Waals surface area (Å²) in [4.78, 5) is 26.1. The van der Waals surface area contributed by atoms with Gasteiger partial charge in [-0.3, -0.25) is 9.59 Å². The molecule has 1 fully saturated rings. The highest BCUT2D eigenvalue weighted by atomic mass is 16.2. The molecule has 4 nitrogen and oxygen atoms in total. The molecule has 1 aromatic rings. The largest absolute Gasteiger partial charge is 0.351 e. The molecule has 0 aromatic carbocycles. The number of amides is 1. The number of Topliss-reactive ketones (excluding diaryl/α,β-unsaturated/α-hetero) is 1. The third kappa shape index (κ3) is 2.57. The van der Waals surface area contributed by atoms with Crippen LogP contribution in [0.25, 0.3) is 0 Å². The maximum Gasteiger partial charge on any atom is 0.225 e. The number of carbonyl (C=O) groups is 2. The SMILES string of the molecule is Cc1cc(C(=O)CN2CCCC(C)C2=O)c(C)n1C. The van der Waals surface area contributed by atoms with Crippen molar-refractivity contribution in [3.8, 4) is 0 Å². The van der Waals surface area contributed by atoms with Crippen molar-refractivity contribution in [3.05, 3.63) is 23.0 Å². The van der Waals surface area contributed by atoms with Gasteiger partial charge in [0.1, 0.15) is 0 Å². The molecule has 0 saturated carbocycles. The number of likely N-dealkylation sites (tertiary alicyclic amines) is 1. The number of aryl methyl sites for hydroxylation is 1. The molecule has 1 saturated heterocycles. The molecule has 0 bridgehead atoms. The lowest BCUT2D eigenvalue weighted by Crippen LogP contribution is -2.43. The molecule has 2 heterocycles. The van der Waals surface area contributed by atoms with Crippen molar-refractivity contribution < 1.29 is 9.59 Å². The lowest BCUT2D eigenvalue weighted by atomic mass is 9.98. The molecular formula is C15H22N2O2. The normalized spacial score (nSPS) is 19.9. The maximum atomic E-state index is 12.3. The van der Waals surface area contributed by atoms with Crippen LogP contribution < -0.4 is 0 Å². The highest BCUT2D eigenvalue weighted by Crippen LogP contribution is 2.19. The number of ketones is 1. The summed E-state index contributed by atoms with van der Waals surface area (Å²) in [5, 5.41) is 0. The van der Waals surface area contributed by atoms with Crippen molar-refractivity contribution in [3.63, 3.8) is 0 Å². The second-order valence-corrected chi connectivity index (χ2v) is 5.57. The zero-order valence-electron chi connectivity index (χ0n) is 12.2. The Morgan fingerprint density at radius 2 is 2.11 bits per heavy atom. The lowest BCUT2D eigenvalue weighted by Gasteiger charge is -2.30. The molecule has 1 amide bonds. The van der Waals surface area contributed by atoms with Gasteiger partial charge < -0.3 is 9.47 Å². The molecule has 104 valence electrons. The third-order valence-corrected chi connectivity index (χ3v) is 4.21. The number of rotatable bonds is 3. The van der Waals surface area contributed by atoms with Crippen LogP contribution in [0.2, 0.25) is 0 Å². The Labute approximate surface area is 114 Å². The first-order valence-corrected chi connectivity index (χ1v) is 6.86. The lowest BCUT2D eigenvalue weighted by molar-refractivity contribution is -0.137. The van der Waals surface area contributed by atoms with Crippen molar-refractivity contribution in [1.29, 1.82) is 0 Å². The summed E-state index contributed by atoms with van der Waals surface area (Å²) in [6, 6.07) is 1.91. The summed E-state index contributed by atoms with van der Waals surface area (Å²) < 4.78 is 2.01. The highest BCUT2D eigenvalue weighted by molar-refractivity contribution is 6.00. The summed E-state index contributed by atoms with van der Waals surface area (Å²) in [5.41, 5.74) is 2.78. The van der Waals surface area contributed by atoms with Gasteiger partial charge in [0, 0.05) is 36.5 Å². The molecule has 4 heteroatoms. The minimum atomic E-state index is 0.0450. The first-order chi connectivity index (χ1) is 8.91. The number of nitrogens with zero attached hydrogens (tertiary/aromatic N) is 2. The Morgan fingerprint density at radius 1 is 1.42 bits per heavy atom. The Balaban J connectivity index is 2.12. The minimum Gasteiger partial charge on any atom is -0.351 e. The molecule has 2 rings (SSSR count). The fourth-order valence-electron chi connectivity index (χ4n) is 2.69. The van der Waals surface area contributed by atoms with E-state index in [0.717, 1.165) is 29.8 Å². The predicted octanol–water partition coefficient (Wildman–Crippen LogP) is 2.08. The number of carbonyl (C=O) groups excluding carboxylic acids is 2. The average molecular weight is 262 g/mol. The number of aromatic nitrogens is 1. The van der Waals surface area contributed by atoms with E-state index >= 15 is 0 Å². The van der Waals surface area contributed by atoms with Crippen LogP contribution in [0.1, 0.15) is 41.5 Å². The third-order valence-electron chi connectivity index (χ3n) is 4.21. The van der Waals surface area contributed by atoms with Gasteiger partial charge in [-0.1, -0.05) is 6.92 Å². The van der Waals surface area contributed by atoms with Crippen LogP contribution in [-0.2, 0) is 11.8 Å². The zero-order chi connectivity index (χ0) is 14.2. The van der Waals surface area contributed by atoms with E-state index in [0.29, 0.717) is 6.54 Å². The summed E-state index contributed by atoms with van der Waals surface area (Å²) in [5.74, 6) is 0.216. The molecule has 1 aliphatic rings. The minimum absolute atomic E-state index is 0.0450. The average Bonchev–Trinajstić information content (AvgIpc) is 2.63. The van der Waals surface area contributed by atoms with E-state index in [4.69, 9.17) is 0 Å². The van der Waals surface area contributed by atoms with Gasteiger partial charge in [0.25, 0.3) is 0 Å². The van der Waals surface area contributed by atoms with Crippen LogP contribution in [0.15, 0.2) is 6.07 Å². The monoisotopic (exact) mass is 262 g/mol. The van der Waals surface area contributed by atoms with E-state index in [2.05, 4.69) is 0 Å². The molecule has 0 spiro atoms. The summed E-state index contributed by atoms with van der Waals surface area (Å²) in [7, 11) is 1.95. The fourth-order valence-corrected chi connectivity index (χ4v) is 2.69. The standard InChI is InChI=1S/C15H22N2O2/c1-10-6-5-7-17(15(10)19)9-14(18)13-8-11(2)16(4)12(13)3/h8,10H,5-7,9H2,1-4H3. The van der Waals surface area contributed by atoms with Crippen LogP contribution in [-0.4, -0.2) is 34.2 Å². The molecule has 1 unspecified atom stereocenters. The number of hydrogen-bond donors (Lipinski definition) is 0. The molecule has 1 atom stereocenters. The molecule has 1 aromatic heterocycles. The van der Waals surface area contributed by atoms with Crippen molar-refractivity contribution in [2.24, 2.45) is 13.0 Å². The Bertz CT molecular complexity index is 516. The van der Waals surface area contributed by atoms with Crippen LogP contribution >= 0.6 is 0 Å². The summed E-state index contributed by atoms with van der Waals surface area (Å²) in [6.07, 6.45) is 1.93. The summed E-state index contributed by atoms with van der Waals surface area (Å²) in [6.45, 7) is 6.79. The van der Waals surface area contributed by atoms with Crippen LogP contribution in [0, 0.1) is 19.8 Å². The highest BCUT2D eigenvalue weighted by Gasteiger charge is 2.27. The molecule has 0 N–H and O–H groups in total.